The van der Waals surface area contributed by atoms with Gasteiger partial charge in [0.2, 0.25) is 5.91 Å². The number of alkyl halides is 1. The van der Waals surface area contributed by atoms with Crippen molar-refractivity contribution in [3.05, 3.63) is 35.9 Å². The first-order chi connectivity index (χ1) is 8.85. The van der Waals surface area contributed by atoms with E-state index in [0.29, 0.717) is 0 Å². The van der Waals surface area contributed by atoms with Crippen LogP contribution in [0.25, 0.3) is 0 Å². The van der Waals surface area contributed by atoms with Crippen LogP contribution in [-0.2, 0) is 10.2 Å². The van der Waals surface area contributed by atoms with Crippen molar-refractivity contribution >= 4 is 21.8 Å². The van der Waals surface area contributed by atoms with Crippen molar-refractivity contribution in [3.8, 4) is 0 Å². The summed E-state index contributed by atoms with van der Waals surface area (Å²) in [5.41, 5.74) is 0.390. The number of benzene rings is 1. The quantitative estimate of drug-likeness (QED) is 0.786. The van der Waals surface area contributed by atoms with Crippen LogP contribution in [0.2, 0.25) is 0 Å². The molecule has 0 aliphatic heterocycles. The van der Waals surface area contributed by atoms with Gasteiger partial charge in [-0.3, -0.25) is 4.79 Å². The fourth-order valence-electron chi connectivity index (χ4n) is 1.95. The van der Waals surface area contributed by atoms with E-state index in [0.717, 1.165) is 23.7 Å². The Hall–Kier alpha value is -0.830. The number of rotatable bonds is 6. The fraction of sp³-hybridized carbons (Fsp3) is 0.562. The van der Waals surface area contributed by atoms with Gasteiger partial charge in [-0.1, -0.05) is 53.2 Å². The van der Waals surface area contributed by atoms with Crippen LogP contribution >= 0.6 is 15.9 Å². The molecule has 1 aromatic rings. The molecular formula is C16H24BrNO. The van der Waals surface area contributed by atoms with Crippen molar-refractivity contribution in [1.29, 1.82) is 0 Å². The van der Waals surface area contributed by atoms with Crippen molar-refractivity contribution in [2.45, 2.75) is 51.5 Å². The van der Waals surface area contributed by atoms with Crippen molar-refractivity contribution in [2.75, 3.05) is 5.33 Å². The Morgan fingerprint density at radius 2 is 1.79 bits per heavy atom. The molecule has 3 heteroatoms. The molecule has 0 aliphatic carbocycles. The highest BCUT2D eigenvalue weighted by Gasteiger charge is 2.34. The first-order valence-electron chi connectivity index (χ1n) is 6.80. The van der Waals surface area contributed by atoms with E-state index in [-0.39, 0.29) is 11.4 Å². The van der Waals surface area contributed by atoms with Gasteiger partial charge in [0.05, 0.1) is 5.41 Å². The Morgan fingerprint density at radius 3 is 2.26 bits per heavy atom. The van der Waals surface area contributed by atoms with Crippen LogP contribution in [-0.4, -0.2) is 16.8 Å². The Labute approximate surface area is 125 Å². The van der Waals surface area contributed by atoms with Crippen LogP contribution < -0.4 is 5.32 Å². The number of nitrogens with one attached hydrogen (secondary N) is 1. The third-order valence-corrected chi connectivity index (χ3v) is 4.30. The molecular weight excluding hydrogens is 302 g/mol. The molecule has 0 aromatic heterocycles. The van der Waals surface area contributed by atoms with E-state index in [4.69, 9.17) is 0 Å². The summed E-state index contributed by atoms with van der Waals surface area (Å²) < 4.78 is 0. The number of carbonyl (C=O) groups is 1. The lowest BCUT2D eigenvalue weighted by Crippen LogP contribution is -2.52. The molecule has 1 atom stereocenters. The van der Waals surface area contributed by atoms with Crippen LogP contribution in [0.15, 0.2) is 30.3 Å². The average Bonchev–Trinajstić information content (AvgIpc) is 2.40. The highest BCUT2D eigenvalue weighted by atomic mass is 79.9. The van der Waals surface area contributed by atoms with E-state index in [9.17, 15) is 4.79 Å². The van der Waals surface area contributed by atoms with Gasteiger partial charge in [-0.15, -0.1) is 0 Å². The van der Waals surface area contributed by atoms with Gasteiger partial charge < -0.3 is 5.32 Å². The van der Waals surface area contributed by atoms with Crippen molar-refractivity contribution < 1.29 is 4.79 Å². The molecule has 0 spiro atoms. The normalized spacial score (nSPS) is 14.8. The summed E-state index contributed by atoms with van der Waals surface area (Å²) in [6.07, 6.45) is 1.86. The van der Waals surface area contributed by atoms with Gasteiger partial charge in [0.15, 0.2) is 0 Å². The van der Waals surface area contributed by atoms with Gasteiger partial charge in [0, 0.05) is 10.9 Å². The SMILES string of the molecule is CCC(C)(CCBr)NC(=O)C(C)(C)c1ccccc1. The summed E-state index contributed by atoms with van der Waals surface area (Å²) in [5.74, 6) is 0.0870. The van der Waals surface area contributed by atoms with Gasteiger partial charge >= 0.3 is 0 Å². The molecule has 0 fully saturated rings. The zero-order chi connectivity index (χ0) is 14.5. The molecule has 1 aromatic carbocycles. The minimum absolute atomic E-state index is 0.0870. The van der Waals surface area contributed by atoms with E-state index in [1.54, 1.807) is 0 Å². The summed E-state index contributed by atoms with van der Waals surface area (Å²) in [5, 5.41) is 4.11. The molecule has 1 rings (SSSR count). The highest BCUT2D eigenvalue weighted by Crippen LogP contribution is 2.25. The maximum Gasteiger partial charge on any atom is 0.230 e. The molecule has 106 valence electrons. The maximum atomic E-state index is 12.6. The molecule has 0 aliphatic rings. The molecule has 19 heavy (non-hydrogen) atoms. The van der Waals surface area contributed by atoms with E-state index in [2.05, 4.69) is 35.1 Å². The molecule has 0 radical (unpaired) electrons. The topological polar surface area (TPSA) is 29.1 Å². The maximum absolute atomic E-state index is 12.6. The van der Waals surface area contributed by atoms with Crippen LogP contribution in [0.1, 0.15) is 46.1 Å². The summed E-state index contributed by atoms with van der Waals surface area (Å²) in [6, 6.07) is 9.93. The Balaban J connectivity index is 2.88. The van der Waals surface area contributed by atoms with E-state index in [1.165, 1.54) is 0 Å². The molecule has 1 unspecified atom stereocenters. The number of hydrogen-bond donors (Lipinski definition) is 1. The van der Waals surface area contributed by atoms with E-state index in [1.807, 2.05) is 44.2 Å². The van der Waals surface area contributed by atoms with Crippen molar-refractivity contribution in [1.82, 2.24) is 5.32 Å². The minimum atomic E-state index is -0.510. The Kier molecular flexibility index (Phi) is 5.60. The number of carbonyl (C=O) groups excluding carboxylic acids is 1. The smallest absolute Gasteiger partial charge is 0.230 e. The fourth-order valence-corrected chi connectivity index (χ4v) is 2.83. The zero-order valence-corrected chi connectivity index (χ0v) is 13.9. The number of amides is 1. The van der Waals surface area contributed by atoms with E-state index < -0.39 is 5.41 Å². The molecule has 0 bridgehead atoms. The van der Waals surface area contributed by atoms with Crippen molar-refractivity contribution in [3.63, 3.8) is 0 Å². The second kappa shape index (κ2) is 6.56. The van der Waals surface area contributed by atoms with Crippen LogP contribution in [0.5, 0.6) is 0 Å². The standard InChI is InChI=1S/C16H24BrNO/c1-5-16(4,11-12-17)18-14(19)15(2,3)13-9-7-6-8-10-13/h6-10H,5,11-12H2,1-4H3,(H,18,19). The van der Waals surface area contributed by atoms with Gasteiger partial charge in [-0.05, 0) is 39.2 Å². The lowest BCUT2D eigenvalue weighted by Gasteiger charge is -2.34. The highest BCUT2D eigenvalue weighted by molar-refractivity contribution is 9.09. The first-order valence-corrected chi connectivity index (χ1v) is 7.92. The molecule has 2 nitrogen and oxygen atoms in total. The van der Waals surface area contributed by atoms with Gasteiger partial charge in [0.25, 0.3) is 0 Å². The lowest BCUT2D eigenvalue weighted by atomic mass is 9.82. The third kappa shape index (κ3) is 4.07. The second-order valence-electron chi connectivity index (χ2n) is 5.80. The van der Waals surface area contributed by atoms with Crippen LogP contribution in [0.4, 0.5) is 0 Å². The predicted molar refractivity (Wildman–Crippen MR) is 84.7 cm³/mol. The first kappa shape index (κ1) is 16.2. The summed E-state index contributed by atoms with van der Waals surface area (Å²) in [7, 11) is 0. The van der Waals surface area contributed by atoms with Gasteiger partial charge in [-0.25, -0.2) is 0 Å². The third-order valence-electron chi connectivity index (χ3n) is 3.91. The minimum Gasteiger partial charge on any atom is -0.350 e. The lowest BCUT2D eigenvalue weighted by molar-refractivity contribution is -0.127. The Bertz CT molecular complexity index is 416. The monoisotopic (exact) mass is 325 g/mol. The summed E-state index contributed by atoms with van der Waals surface area (Å²) in [4.78, 5) is 12.6. The van der Waals surface area contributed by atoms with E-state index >= 15 is 0 Å². The summed E-state index contributed by atoms with van der Waals surface area (Å²) >= 11 is 3.46. The summed E-state index contributed by atoms with van der Waals surface area (Å²) in [6.45, 7) is 8.16. The average molecular weight is 326 g/mol. The van der Waals surface area contributed by atoms with Gasteiger partial charge in [-0.2, -0.15) is 0 Å². The molecule has 1 N–H and O–H groups in total. The largest absolute Gasteiger partial charge is 0.350 e. The Morgan fingerprint density at radius 1 is 1.21 bits per heavy atom. The number of halogens is 1. The zero-order valence-electron chi connectivity index (χ0n) is 12.3. The molecule has 0 saturated heterocycles. The van der Waals surface area contributed by atoms with Crippen molar-refractivity contribution in [2.24, 2.45) is 0 Å². The molecule has 0 saturated carbocycles. The molecule has 0 heterocycles. The predicted octanol–water partition coefficient (Wildman–Crippen LogP) is 4.03. The van der Waals surface area contributed by atoms with Gasteiger partial charge in [0.1, 0.15) is 0 Å². The molecule has 1 amide bonds. The van der Waals surface area contributed by atoms with Crippen LogP contribution in [0, 0.1) is 0 Å². The number of hydrogen-bond acceptors (Lipinski definition) is 1. The second-order valence-corrected chi connectivity index (χ2v) is 6.59. The van der Waals surface area contributed by atoms with Crippen LogP contribution in [0.3, 0.4) is 0 Å².